The average Bonchev–Trinajstić information content (AvgIpc) is 3.64. The summed E-state index contributed by atoms with van der Waals surface area (Å²) in [5.41, 5.74) is 4.04. The van der Waals surface area contributed by atoms with Crippen molar-refractivity contribution in [2.75, 3.05) is 12.9 Å². The van der Waals surface area contributed by atoms with Crippen LogP contribution in [0.15, 0.2) is 86.1 Å². The second-order valence-electron chi connectivity index (χ2n) is 8.16. The molecule has 0 unspecified atom stereocenters. The Morgan fingerprint density at radius 3 is 2.63 bits per heavy atom. The van der Waals surface area contributed by atoms with E-state index in [1.165, 1.54) is 22.3 Å². The molecule has 0 aliphatic carbocycles. The van der Waals surface area contributed by atoms with Crippen LogP contribution in [0.2, 0.25) is 0 Å². The van der Waals surface area contributed by atoms with Gasteiger partial charge in [0.25, 0.3) is 11.1 Å². The highest BCUT2D eigenvalue weighted by Crippen LogP contribution is 2.34. The van der Waals surface area contributed by atoms with Crippen molar-refractivity contribution < 1.29 is 18.4 Å². The second kappa shape index (κ2) is 10.2. The molecule has 9 heteroatoms. The number of carbonyl (C=O) groups is 1. The lowest BCUT2D eigenvalue weighted by Gasteiger charge is -2.19. The van der Waals surface area contributed by atoms with E-state index in [0.717, 1.165) is 22.6 Å². The molecule has 5 rings (SSSR count). The number of ether oxygens (including phenoxy) is 1. The SMILES string of the molecule is COc1ccc(Cc2nnc(SCC(=O)N3N=C(c4ccc(C)cc4)C[C@H]3c3ccco3)o2)cc1. The molecule has 1 aliphatic heterocycles. The van der Waals surface area contributed by atoms with Gasteiger partial charge >= 0.3 is 0 Å². The molecule has 0 N–H and O–H groups in total. The molecule has 4 aromatic rings. The number of rotatable bonds is 8. The summed E-state index contributed by atoms with van der Waals surface area (Å²) < 4.78 is 16.5. The van der Waals surface area contributed by atoms with Crippen molar-refractivity contribution >= 4 is 23.4 Å². The molecule has 3 heterocycles. The molecule has 35 heavy (non-hydrogen) atoms. The van der Waals surface area contributed by atoms with Gasteiger partial charge in [-0.15, -0.1) is 10.2 Å². The molecule has 1 atom stereocenters. The van der Waals surface area contributed by atoms with Gasteiger partial charge in [0.15, 0.2) is 0 Å². The molecule has 0 saturated carbocycles. The van der Waals surface area contributed by atoms with Crippen molar-refractivity contribution in [1.82, 2.24) is 15.2 Å². The summed E-state index contributed by atoms with van der Waals surface area (Å²) >= 11 is 1.20. The lowest BCUT2D eigenvalue weighted by atomic mass is 10.0. The minimum atomic E-state index is -0.289. The molecule has 0 spiro atoms. The van der Waals surface area contributed by atoms with E-state index in [2.05, 4.69) is 15.3 Å². The van der Waals surface area contributed by atoms with Crippen molar-refractivity contribution in [3.63, 3.8) is 0 Å². The number of amides is 1. The fourth-order valence-electron chi connectivity index (χ4n) is 3.84. The predicted octanol–water partition coefficient (Wildman–Crippen LogP) is 5.04. The summed E-state index contributed by atoms with van der Waals surface area (Å²) in [5.74, 6) is 1.94. The third-order valence-corrected chi connectivity index (χ3v) is 6.51. The highest BCUT2D eigenvalue weighted by atomic mass is 32.2. The van der Waals surface area contributed by atoms with E-state index in [1.807, 2.05) is 67.6 Å². The fourth-order valence-corrected chi connectivity index (χ4v) is 4.47. The van der Waals surface area contributed by atoms with Gasteiger partial charge in [-0.05, 0) is 42.3 Å². The Labute approximate surface area is 207 Å². The van der Waals surface area contributed by atoms with Crippen LogP contribution >= 0.6 is 11.8 Å². The summed E-state index contributed by atoms with van der Waals surface area (Å²) in [6.45, 7) is 2.04. The monoisotopic (exact) mass is 488 g/mol. The third-order valence-electron chi connectivity index (χ3n) is 5.70. The van der Waals surface area contributed by atoms with Crippen molar-refractivity contribution in [1.29, 1.82) is 0 Å². The summed E-state index contributed by atoms with van der Waals surface area (Å²) in [4.78, 5) is 13.2. The molecular weight excluding hydrogens is 464 g/mol. The van der Waals surface area contributed by atoms with Crippen LogP contribution in [0.1, 0.15) is 40.8 Å². The summed E-state index contributed by atoms with van der Waals surface area (Å²) in [6.07, 6.45) is 2.70. The van der Waals surface area contributed by atoms with Gasteiger partial charge in [0, 0.05) is 6.42 Å². The maximum Gasteiger partial charge on any atom is 0.277 e. The Hall–Kier alpha value is -3.85. The molecule has 2 aromatic carbocycles. The molecule has 1 aliphatic rings. The highest BCUT2D eigenvalue weighted by Gasteiger charge is 2.35. The number of aromatic nitrogens is 2. The first-order valence-electron chi connectivity index (χ1n) is 11.2. The fraction of sp³-hybridized carbons (Fsp3) is 0.231. The maximum atomic E-state index is 13.2. The lowest BCUT2D eigenvalue weighted by molar-refractivity contribution is -0.130. The van der Waals surface area contributed by atoms with E-state index in [1.54, 1.807) is 13.4 Å². The number of thioether (sulfide) groups is 1. The molecule has 0 fully saturated rings. The van der Waals surface area contributed by atoms with Gasteiger partial charge < -0.3 is 13.6 Å². The predicted molar refractivity (Wildman–Crippen MR) is 131 cm³/mol. The van der Waals surface area contributed by atoms with E-state index < -0.39 is 0 Å². The Morgan fingerprint density at radius 2 is 1.91 bits per heavy atom. The van der Waals surface area contributed by atoms with E-state index in [4.69, 9.17) is 13.6 Å². The van der Waals surface area contributed by atoms with Crippen LogP contribution in [0.5, 0.6) is 5.75 Å². The standard InChI is InChI=1S/C26H24N4O4S/c1-17-5-9-19(10-6-17)21-15-22(23-4-3-13-33-23)30(29-21)25(31)16-35-26-28-27-24(34-26)14-18-7-11-20(32-2)12-8-18/h3-13,22H,14-16H2,1-2H3/t22-/m0/s1. The second-order valence-corrected chi connectivity index (χ2v) is 9.09. The zero-order chi connectivity index (χ0) is 24.2. The van der Waals surface area contributed by atoms with Crippen LogP contribution < -0.4 is 4.74 Å². The molecule has 0 radical (unpaired) electrons. The number of benzene rings is 2. The third kappa shape index (κ3) is 5.30. The van der Waals surface area contributed by atoms with Crippen LogP contribution in [0, 0.1) is 6.92 Å². The zero-order valence-electron chi connectivity index (χ0n) is 19.4. The average molecular weight is 489 g/mol. The van der Waals surface area contributed by atoms with E-state index in [0.29, 0.717) is 29.7 Å². The van der Waals surface area contributed by atoms with Crippen LogP contribution in [-0.2, 0) is 11.2 Å². The first kappa shape index (κ1) is 22.9. The normalized spacial score (nSPS) is 15.3. The minimum absolute atomic E-state index is 0.117. The first-order valence-corrected chi connectivity index (χ1v) is 12.2. The smallest absolute Gasteiger partial charge is 0.277 e. The van der Waals surface area contributed by atoms with Gasteiger partial charge in [0.05, 0.1) is 31.3 Å². The number of hydrogen-bond donors (Lipinski definition) is 0. The van der Waals surface area contributed by atoms with Crippen LogP contribution in [0.3, 0.4) is 0 Å². The van der Waals surface area contributed by atoms with Crippen molar-refractivity contribution in [2.45, 2.75) is 31.0 Å². The number of hydrazone groups is 1. The number of aryl methyl sites for hydroxylation is 1. The Kier molecular flexibility index (Phi) is 6.67. The van der Waals surface area contributed by atoms with Crippen molar-refractivity contribution in [3.8, 4) is 5.75 Å². The Morgan fingerprint density at radius 1 is 1.11 bits per heavy atom. The van der Waals surface area contributed by atoms with Crippen LogP contribution in [0.25, 0.3) is 0 Å². The van der Waals surface area contributed by atoms with E-state index in [-0.39, 0.29) is 17.7 Å². The van der Waals surface area contributed by atoms with Crippen LogP contribution in [0.4, 0.5) is 0 Å². The molecular formula is C26H24N4O4S. The van der Waals surface area contributed by atoms with Crippen LogP contribution in [-0.4, -0.2) is 39.7 Å². The van der Waals surface area contributed by atoms with Crippen molar-refractivity contribution in [3.05, 3.63) is 95.3 Å². The Bertz CT molecular complexity index is 1310. The number of nitrogens with zero attached hydrogens (tertiary/aromatic N) is 4. The summed E-state index contributed by atoms with van der Waals surface area (Å²) in [7, 11) is 1.63. The lowest BCUT2D eigenvalue weighted by Crippen LogP contribution is -2.28. The molecule has 2 aromatic heterocycles. The molecule has 0 saturated heterocycles. The number of carbonyl (C=O) groups excluding carboxylic acids is 1. The van der Waals surface area contributed by atoms with Gasteiger partial charge in [0.2, 0.25) is 5.89 Å². The van der Waals surface area contributed by atoms with E-state index in [9.17, 15) is 4.79 Å². The van der Waals surface area contributed by atoms with Gasteiger partial charge in [-0.3, -0.25) is 4.79 Å². The summed E-state index contributed by atoms with van der Waals surface area (Å²) in [5, 5.41) is 14.7. The minimum Gasteiger partial charge on any atom is -0.497 e. The first-order chi connectivity index (χ1) is 17.1. The topological polar surface area (TPSA) is 94.0 Å². The zero-order valence-corrected chi connectivity index (χ0v) is 20.2. The van der Waals surface area contributed by atoms with Gasteiger partial charge in [-0.25, -0.2) is 5.01 Å². The van der Waals surface area contributed by atoms with Gasteiger partial charge in [0.1, 0.15) is 17.6 Å². The number of furan rings is 1. The molecule has 1 amide bonds. The van der Waals surface area contributed by atoms with Crippen molar-refractivity contribution in [2.24, 2.45) is 5.10 Å². The van der Waals surface area contributed by atoms with E-state index >= 15 is 0 Å². The van der Waals surface area contributed by atoms with Gasteiger partial charge in [-0.1, -0.05) is 53.7 Å². The quantitative estimate of drug-likeness (QED) is 0.321. The Balaban J connectivity index is 1.25. The molecule has 0 bridgehead atoms. The highest BCUT2D eigenvalue weighted by molar-refractivity contribution is 7.99. The number of methoxy groups -OCH3 is 1. The number of hydrogen-bond acceptors (Lipinski definition) is 8. The molecule has 8 nitrogen and oxygen atoms in total. The largest absolute Gasteiger partial charge is 0.497 e. The molecule has 178 valence electrons. The summed E-state index contributed by atoms with van der Waals surface area (Å²) in [6, 6.07) is 19.2. The van der Waals surface area contributed by atoms with Gasteiger partial charge in [-0.2, -0.15) is 5.10 Å². The maximum absolute atomic E-state index is 13.2.